The van der Waals surface area contributed by atoms with E-state index in [9.17, 15) is 9.59 Å². The van der Waals surface area contributed by atoms with Crippen LogP contribution in [0.4, 0.5) is 0 Å². The molecule has 15 nitrogen and oxygen atoms in total. The van der Waals surface area contributed by atoms with Gasteiger partial charge in [0, 0.05) is 42.4 Å². The zero-order valence-electron chi connectivity index (χ0n) is 24.1. The molecule has 0 bridgehead atoms. The van der Waals surface area contributed by atoms with Crippen molar-refractivity contribution >= 4 is 23.6 Å². The van der Waals surface area contributed by atoms with Crippen molar-refractivity contribution in [3.63, 3.8) is 0 Å². The van der Waals surface area contributed by atoms with Gasteiger partial charge in [-0.1, -0.05) is 24.8 Å². The minimum Gasteiger partial charge on any atom is -0.472 e. The van der Waals surface area contributed by atoms with E-state index in [1.807, 2.05) is 0 Å². The molecule has 42 heavy (non-hydrogen) atoms. The van der Waals surface area contributed by atoms with Crippen LogP contribution in [0.2, 0.25) is 0 Å². The third kappa shape index (κ3) is 6.17. The van der Waals surface area contributed by atoms with Crippen molar-refractivity contribution in [2.45, 2.75) is 86.4 Å². The number of morpholine rings is 1. The number of nitrogens with one attached hydrogen (secondary N) is 5. The number of primary amides is 1. The number of ether oxygens (including phenoxy) is 3. The van der Waals surface area contributed by atoms with Gasteiger partial charge in [-0.05, 0) is 26.3 Å². The Morgan fingerprint density at radius 3 is 2.69 bits per heavy atom. The average Bonchev–Trinajstić information content (AvgIpc) is 3.62. The molecular formula is C26H46N10O5S. The predicted molar refractivity (Wildman–Crippen MR) is 155 cm³/mol. The molecule has 6 aliphatic rings. The number of carbonyl (C=O) groups excluding carboxylic acids is 2. The third-order valence-corrected chi connectivity index (χ3v) is 10.7. The van der Waals surface area contributed by atoms with Crippen LogP contribution in [0.15, 0.2) is 12.0 Å². The van der Waals surface area contributed by atoms with Gasteiger partial charge in [-0.15, -0.1) is 0 Å². The maximum atomic E-state index is 12.9. The molecule has 5 fully saturated rings. The Morgan fingerprint density at radius 1 is 1.17 bits per heavy atom. The van der Waals surface area contributed by atoms with Gasteiger partial charge < -0.3 is 36.3 Å². The SMILES string of the molecule is CNN1C(N[C@H]2CCCC[C@H]2N)NC(NC2CC(C3COC4C(=O)C=C(N5CCOCC5)OC43)SN2)C(C(N)=O)C1N. The van der Waals surface area contributed by atoms with Crippen LogP contribution in [0, 0.1) is 11.8 Å². The predicted octanol–water partition coefficient (Wildman–Crippen LogP) is -3.04. The molecule has 11 atom stereocenters. The van der Waals surface area contributed by atoms with Gasteiger partial charge in [-0.25, -0.2) is 4.72 Å². The lowest BCUT2D eigenvalue weighted by atomic mass is 9.90. The number of amides is 1. The van der Waals surface area contributed by atoms with E-state index in [0.717, 1.165) is 32.1 Å². The summed E-state index contributed by atoms with van der Waals surface area (Å²) in [4.78, 5) is 27.6. The van der Waals surface area contributed by atoms with Crippen molar-refractivity contribution < 1.29 is 23.8 Å². The molecule has 236 valence electrons. The molecule has 0 spiro atoms. The fourth-order valence-corrected chi connectivity index (χ4v) is 8.30. The second-order valence-electron chi connectivity index (χ2n) is 12.0. The van der Waals surface area contributed by atoms with E-state index < -0.39 is 30.3 Å². The van der Waals surface area contributed by atoms with Crippen molar-refractivity contribution in [1.82, 2.24) is 36.0 Å². The van der Waals surface area contributed by atoms with Crippen molar-refractivity contribution in [3.05, 3.63) is 12.0 Å². The normalized spacial score (nSPS) is 43.1. The summed E-state index contributed by atoms with van der Waals surface area (Å²) in [5.41, 5.74) is 22.0. The van der Waals surface area contributed by atoms with Crippen molar-refractivity contribution in [1.29, 1.82) is 0 Å². The molecule has 16 heteroatoms. The molecule has 0 radical (unpaired) electrons. The number of carbonyl (C=O) groups is 2. The fourth-order valence-electron chi connectivity index (χ4n) is 7.10. The summed E-state index contributed by atoms with van der Waals surface area (Å²) in [6, 6.07) is 0.175. The van der Waals surface area contributed by atoms with Gasteiger partial charge in [-0.2, -0.15) is 5.01 Å². The molecule has 0 aromatic carbocycles. The van der Waals surface area contributed by atoms with E-state index >= 15 is 0 Å². The number of nitrogens with two attached hydrogens (primary N) is 3. The first-order valence-electron chi connectivity index (χ1n) is 15.2. The highest BCUT2D eigenvalue weighted by Crippen LogP contribution is 2.40. The number of hydrogen-bond acceptors (Lipinski definition) is 15. The van der Waals surface area contributed by atoms with Crippen molar-refractivity contribution in [2.24, 2.45) is 29.0 Å². The topological polar surface area (TPSA) is 207 Å². The Bertz CT molecular complexity index is 1020. The number of ketones is 1. The molecule has 1 amide bonds. The second kappa shape index (κ2) is 13.2. The quantitative estimate of drug-likeness (QED) is 0.129. The van der Waals surface area contributed by atoms with Crippen LogP contribution in [0.1, 0.15) is 32.1 Å². The summed E-state index contributed by atoms with van der Waals surface area (Å²) in [5.74, 6) is -0.618. The first kappa shape index (κ1) is 30.5. The van der Waals surface area contributed by atoms with Crippen LogP contribution in [0.3, 0.4) is 0 Å². The Kier molecular flexibility index (Phi) is 9.57. The third-order valence-electron chi connectivity index (χ3n) is 9.44. The summed E-state index contributed by atoms with van der Waals surface area (Å²) in [7, 11) is 1.78. The molecular weight excluding hydrogens is 564 g/mol. The van der Waals surface area contributed by atoms with Gasteiger partial charge in [-0.3, -0.25) is 31.0 Å². The zero-order chi connectivity index (χ0) is 29.4. The lowest BCUT2D eigenvalue weighted by Gasteiger charge is -2.49. The Balaban J connectivity index is 1.11. The number of rotatable bonds is 8. The van der Waals surface area contributed by atoms with Crippen LogP contribution in [0.25, 0.3) is 0 Å². The van der Waals surface area contributed by atoms with Crippen LogP contribution < -0.4 is 43.3 Å². The first-order chi connectivity index (χ1) is 20.3. The molecule has 1 saturated carbocycles. The molecule has 0 aromatic heterocycles. The van der Waals surface area contributed by atoms with Gasteiger partial charge in [0.2, 0.25) is 5.91 Å². The lowest BCUT2D eigenvalue weighted by Crippen LogP contribution is -2.79. The summed E-state index contributed by atoms with van der Waals surface area (Å²) in [5, 5.41) is 12.6. The van der Waals surface area contributed by atoms with Crippen LogP contribution >= 0.6 is 11.9 Å². The standard InChI is InChI=1S/C26H46N10O5S/c1-30-36-23(28)20(24(29)38)25(33-26(36)31-15-5-3-2-4-14(15)27)32-18-11-17(42-34-18)13-12-40-22-16(37)10-19(41-21(13)22)35-6-8-39-9-7-35/h10,13-15,17-18,20-23,25-26,30-34H,2-9,11-12,27-28H2,1H3,(H2,29,38)/t13?,14-,15+,17?,18?,20?,21?,22?,23?,25?,26?/m1/s1. The van der Waals surface area contributed by atoms with Gasteiger partial charge >= 0.3 is 0 Å². The van der Waals surface area contributed by atoms with E-state index in [1.165, 1.54) is 0 Å². The molecule has 11 N–H and O–H groups in total. The summed E-state index contributed by atoms with van der Waals surface area (Å²) in [6.45, 7) is 3.05. The maximum absolute atomic E-state index is 12.9. The molecule has 0 aromatic rings. The molecule has 5 heterocycles. The molecule has 1 aliphatic carbocycles. The maximum Gasteiger partial charge on any atom is 0.226 e. The van der Waals surface area contributed by atoms with E-state index in [0.29, 0.717) is 38.8 Å². The van der Waals surface area contributed by atoms with E-state index in [2.05, 4.69) is 31.0 Å². The van der Waals surface area contributed by atoms with Crippen LogP contribution in [-0.2, 0) is 23.8 Å². The summed E-state index contributed by atoms with van der Waals surface area (Å²) in [6.07, 6.45) is 3.88. The lowest BCUT2D eigenvalue weighted by molar-refractivity contribution is -0.134. The van der Waals surface area contributed by atoms with E-state index in [4.69, 9.17) is 31.4 Å². The highest BCUT2D eigenvalue weighted by molar-refractivity contribution is 7.98. The number of fused-ring (bicyclic) bond motifs is 1. The van der Waals surface area contributed by atoms with Gasteiger partial charge in [0.15, 0.2) is 17.8 Å². The van der Waals surface area contributed by atoms with Crippen molar-refractivity contribution in [3.8, 4) is 0 Å². The van der Waals surface area contributed by atoms with Gasteiger partial charge in [0.25, 0.3) is 0 Å². The van der Waals surface area contributed by atoms with Gasteiger partial charge in [0.1, 0.15) is 12.4 Å². The molecule has 5 aliphatic heterocycles. The highest BCUT2D eigenvalue weighted by Gasteiger charge is 2.52. The average molecular weight is 611 g/mol. The Hall–Kier alpha value is -1.57. The van der Waals surface area contributed by atoms with E-state index in [1.54, 1.807) is 30.1 Å². The minimum absolute atomic E-state index is 0.0171. The molecule has 6 rings (SSSR count). The molecule has 4 saturated heterocycles. The minimum atomic E-state index is -0.707. The zero-order valence-corrected chi connectivity index (χ0v) is 24.9. The van der Waals surface area contributed by atoms with Crippen LogP contribution in [0.5, 0.6) is 0 Å². The van der Waals surface area contributed by atoms with Gasteiger partial charge in [0.05, 0.1) is 44.2 Å². The Labute approximate surface area is 250 Å². The Morgan fingerprint density at radius 2 is 1.95 bits per heavy atom. The summed E-state index contributed by atoms with van der Waals surface area (Å²) < 4.78 is 21.3. The number of nitrogens with zero attached hydrogens (tertiary/aromatic N) is 2. The number of hydrazine groups is 1. The highest BCUT2D eigenvalue weighted by atomic mass is 32.2. The monoisotopic (exact) mass is 610 g/mol. The van der Waals surface area contributed by atoms with Crippen molar-refractivity contribution in [2.75, 3.05) is 40.0 Å². The second-order valence-corrected chi connectivity index (χ2v) is 13.1. The molecule has 9 unspecified atom stereocenters. The van der Waals surface area contributed by atoms with Crippen LogP contribution in [-0.4, -0.2) is 116 Å². The first-order valence-corrected chi connectivity index (χ1v) is 16.0. The fraction of sp³-hybridized carbons (Fsp3) is 0.846. The smallest absolute Gasteiger partial charge is 0.226 e. The summed E-state index contributed by atoms with van der Waals surface area (Å²) >= 11 is 1.61. The number of hydrogen-bond donors (Lipinski definition) is 8. The largest absolute Gasteiger partial charge is 0.472 e. The van der Waals surface area contributed by atoms with E-state index in [-0.39, 0.29) is 47.6 Å².